The van der Waals surface area contributed by atoms with Gasteiger partial charge < -0.3 is 0 Å². The van der Waals surface area contributed by atoms with Gasteiger partial charge in [-0.15, -0.1) is 0 Å². The lowest BCUT2D eigenvalue weighted by Crippen LogP contribution is -1.95. The van der Waals surface area contributed by atoms with Crippen LogP contribution in [0.15, 0.2) is 30.6 Å². The highest BCUT2D eigenvalue weighted by Gasteiger charge is 2.09. The Hall–Kier alpha value is -1.37. The first kappa shape index (κ1) is 8.24. The number of allylic oxidation sites excluding steroid dienone is 3. The number of fused-ring (bicyclic) bond motifs is 1. The number of aryl methyl sites for hydroxylation is 1. The second-order valence-electron chi connectivity index (χ2n) is 3.49. The van der Waals surface area contributed by atoms with Gasteiger partial charge >= 0.3 is 0 Å². The van der Waals surface area contributed by atoms with Crippen LogP contribution in [0.5, 0.6) is 0 Å². The van der Waals surface area contributed by atoms with Crippen molar-refractivity contribution in [3.05, 3.63) is 47.3 Å². The maximum atomic E-state index is 4.22. The van der Waals surface area contributed by atoms with E-state index in [4.69, 9.17) is 0 Å². The molecule has 1 aromatic rings. The SMILES string of the molecule is Cc1cncc2c1C=CC=CC2C. The average Bonchev–Trinajstić information content (AvgIpc) is 2.30. The lowest BCUT2D eigenvalue weighted by Gasteiger charge is -2.10. The molecule has 0 saturated carbocycles. The molecule has 1 atom stereocenters. The minimum atomic E-state index is 0.470. The molecule has 1 heteroatoms. The van der Waals surface area contributed by atoms with E-state index in [9.17, 15) is 0 Å². The summed E-state index contributed by atoms with van der Waals surface area (Å²) < 4.78 is 0. The van der Waals surface area contributed by atoms with E-state index < -0.39 is 0 Å². The molecule has 1 nitrogen and oxygen atoms in total. The van der Waals surface area contributed by atoms with Crippen LogP contribution >= 0.6 is 0 Å². The molecular formula is C12H13N. The Morgan fingerprint density at radius 3 is 2.92 bits per heavy atom. The van der Waals surface area contributed by atoms with Crippen LogP contribution in [0.1, 0.15) is 29.5 Å². The van der Waals surface area contributed by atoms with Gasteiger partial charge in [-0.3, -0.25) is 4.98 Å². The van der Waals surface area contributed by atoms with E-state index in [0.717, 1.165) is 0 Å². The molecule has 2 rings (SSSR count). The number of nitrogens with zero attached hydrogens (tertiary/aromatic N) is 1. The molecule has 66 valence electrons. The third-order valence-corrected chi connectivity index (χ3v) is 2.48. The van der Waals surface area contributed by atoms with Gasteiger partial charge in [0.05, 0.1) is 0 Å². The second kappa shape index (κ2) is 3.17. The standard InChI is InChI=1S/C12H13N/c1-9-5-3-4-6-11-10(2)7-13-8-12(9)11/h3-9H,1-2H3. The second-order valence-corrected chi connectivity index (χ2v) is 3.49. The van der Waals surface area contributed by atoms with Crippen molar-refractivity contribution in [2.45, 2.75) is 19.8 Å². The normalized spacial score (nSPS) is 19.7. The minimum Gasteiger partial charge on any atom is -0.264 e. The summed E-state index contributed by atoms with van der Waals surface area (Å²) in [5.41, 5.74) is 3.90. The highest BCUT2D eigenvalue weighted by atomic mass is 14.6. The monoisotopic (exact) mass is 171 g/mol. The number of hydrogen-bond acceptors (Lipinski definition) is 1. The third kappa shape index (κ3) is 1.42. The molecular weight excluding hydrogens is 158 g/mol. The largest absolute Gasteiger partial charge is 0.264 e. The average molecular weight is 171 g/mol. The van der Waals surface area contributed by atoms with Crippen LogP contribution in [0.2, 0.25) is 0 Å². The van der Waals surface area contributed by atoms with Gasteiger partial charge in [-0.05, 0) is 23.6 Å². The predicted octanol–water partition coefficient (Wildman–Crippen LogP) is 3.08. The van der Waals surface area contributed by atoms with Crippen molar-refractivity contribution in [2.75, 3.05) is 0 Å². The smallest absolute Gasteiger partial charge is 0.0311 e. The third-order valence-electron chi connectivity index (χ3n) is 2.48. The van der Waals surface area contributed by atoms with Gasteiger partial charge in [0.2, 0.25) is 0 Å². The lowest BCUT2D eigenvalue weighted by atomic mass is 9.96. The molecule has 1 heterocycles. The molecule has 0 aromatic carbocycles. The van der Waals surface area contributed by atoms with Crippen LogP contribution in [0.25, 0.3) is 6.08 Å². The van der Waals surface area contributed by atoms with Crippen LogP contribution in [0.3, 0.4) is 0 Å². The zero-order valence-electron chi connectivity index (χ0n) is 7.99. The first-order chi connectivity index (χ1) is 6.29. The molecule has 1 unspecified atom stereocenters. The fourth-order valence-corrected chi connectivity index (χ4v) is 1.67. The van der Waals surface area contributed by atoms with Crippen LogP contribution in [-0.4, -0.2) is 4.98 Å². The molecule has 0 spiro atoms. The molecule has 0 fully saturated rings. The predicted molar refractivity (Wildman–Crippen MR) is 55.6 cm³/mol. The molecule has 1 aliphatic carbocycles. The summed E-state index contributed by atoms with van der Waals surface area (Å²) >= 11 is 0. The Morgan fingerprint density at radius 1 is 1.23 bits per heavy atom. The van der Waals surface area contributed by atoms with E-state index in [1.54, 1.807) is 0 Å². The Morgan fingerprint density at radius 2 is 2.08 bits per heavy atom. The summed E-state index contributed by atoms with van der Waals surface area (Å²) in [6.07, 6.45) is 12.4. The van der Waals surface area contributed by atoms with Gasteiger partial charge in [0, 0.05) is 18.3 Å². The van der Waals surface area contributed by atoms with Gasteiger partial charge in [0.1, 0.15) is 0 Å². The summed E-state index contributed by atoms with van der Waals surface area (Å²) in [6, 6.07) is 0. The lowest BCUT2D eigenvalue weighted by molar-refractivity contribution is 0.946. The Labute approximate surface area is 78.8 Å². The van der Waals surface area contributed by atoms with E-state index in [-0.39, 0.29) is 0 Å². The summed E-state index contributed by atoms with van der Waals surface area (Å²) in [4.78, 5) is 4.22. The topological polar surface area (TPSA) is 12.9 Å². The van der Waals surface area contributed by atoms with Gasteiger partial charge in [0.15, 0.2) is 0 Å². The van der Waals surface area contributed by atoms with Crippen molar-refractivity contribution in [3.8, 4) is 0 Å². The molecule has 0 N–H and O–H groups in total. The van der Waals surface area contributed by atoms with Crippen molar-refractivity contribution in [1.29, 1.82) is 0 Å². The highest BCUT2D eigenvalue weighted by Crippen LogP contribution is 2.25. The van der Waals surface area contributed by atoms with Crippen molar-refractivity contribution in [1.82, 2.24) is 4.98 Å². The summed E-state index contributed by atoms with van der Waals surface area (Å²) in [6.45, 7) is 4.30. The summed E-state index contributed by atoms with van der Waals surface area (Å²) in [5, 5.41) is 0. The number of hydrogen-bond donors (Lipinski definition) is 0. The Balaban J connectivity index is 2.63. The molecule has 0 radical (unpaired) electrons. The van der Waals surface area contributed by atoms with Crippen molar-refractivity contribution >= 4 is 6.08 Å². The number of pyridine rings is 1. The zero-order chi connectivity index (χ0) is 9.26. The van der Waals surface area contributed by atoms with Crippen molar-refractivity contribution < 1.29 is 0 Å². The van der Waals surface area contributed by atoms with Crippen LogP contribution < -0.4 is 0 Å². The molecule has 1 aliphatic rings. The van der Waals surface area contributed by atoms with E-state index in [1.165, 1.54) is 16.7 Å². The van der Waals surface area contributed by atoms with Crippen molar-refractivity contribution in [2.24, 2.45) is 0 Å². The molecule has 13 heavy (non-hydrogen) atoms. The Bertz CT molecular complexity index is 375. The van der Waals surface area contributed by atoms with E-state index in [2.05, 4.69) is 43.1 Å². The van der Waals surface area contributed by atoms with Crippen molar-refractivity contribution in [3.63, 3.8) is 0 Å². The van der Waals surface area contributed by atoms with Gasteiger partial charge in [-0.2, -0.15) is 0 Å². The zero-order valence-corrected chi connectivity index (χ0v) is 7.99. The summed E-state index contributed by atoms with van der Waals surface area (Å²) in [5.74, 6) is 0.470. The first-order valence-corrected chi connectivity index (χ1v) is 4.58. The highest BCUT2D eigenvalue weighted by molar-refractivity contribution is 5.60. The fraction of sp³-hybridized carbons (Fsp3) is 0.250. The maximum Gasteiger partial charge on any atom is 0.0311 e. The molecule has 0 amide bonds. The van der Waals surface area contributed by atoms with Crippen LogP contribution in [0.4, 0.5) is 0 Å². The van der Waals surface area contributed by atoms with E-state index >= 15 is 0 Å². The molecule has 0 saturated heterocycles. The van der Waals surface area contributed by atoms with Gasteiger partial charge in [0.25, 0.3) is 0 Å². The Kier molecular flexibility index (Phi) is 2.01. The molecule has 0 bridgehead atoms. The van der Waals surface area contributed by atoms with E-state index in [1.807, 2.05) is 12.4 Å². The summed E-state index contributed by atoms with van der Waals surface area (Å²) in [7, 11) is 0. The van der Waals surface area contributed by atoms with E-state index in [0.29, 0.717) is 5.92 Å². The van der Waals surface area contributed by atoms with Gasteiger partial charge in [-0.25, -0.2) is 0 Å². The molecule has 0 aliphatic heterocycles. The number of aromatic nitrogens is 1. The van der Waals surface area contributed by atoms with Gasteiger partial charge in [-0.1, -0.05) is 31.2 Å². The molecule has 1 aromatic heterocycles. The first-order valence-electron chi connectivity index (χ1n) is 4.58. The number of rotatable bonds is 0. The fourth-order valence-electron chi connectivity index (χ4n) is 1.67. The van der Waals surface area contributed by atoms with Crippen LogP contribution in [0, 0.1) is 6.92 Å². The van der Waals surface area contributed by atoms with Crippen LogP contribution in [-0.2, 0) is 0 Å². The quantitative estimate of drug-likeness (QED) is 0.584. The minimum absolute atomic E-state index is 0.470. The maximum absolute atomic E-state index is 4.22.